The molecule has 0 spiro atoms. The summed E-state index contributed by atoms with van der Waals surface area (Å²) in [5.74, 6) is 1.47. The number of hydrogen-bond acceptors (Lipinski definition) is 2. The van der Waals surface area contributed by atoms with E-state index < -0.39 is 6.10 Å². The Hall–Kier alpha value is -1.51. The average molecular weight is 261 g/mol. The highest BCUT2D eigenvalue weighted by atomic mass is 16.5. The fraction of sp³-hybridized carbons (Fsp3) is 0.562. The van der Waals surface area contributed by atoms with Gasteiger partial charge in [-0.2, -0.15) is 0 Å². The van der Waals surface area contributed by atoms with Gasteiger partial charge in [0.05, 0.1) is 0 Å². The number of carbonyl (C=O) groups is 1. The van der Waals surface area contributed by atoms with Crippen molar-refractivity contribution in [1.82, 2.24) is 4.90 Å². The lowest BCUT2D eigenvalue weighted by atomic mass is 10.00. The molecule has 1 heterocycles. The van der Waals surface area contributed by atoms with Gasteiger partial charge in [-0.05, 0) is 50.3 Å². The Morgan fingerprint density at radius 1 is 1.47 bits per heavy atom. The van der Waals surface area contributed by atoms with Gasteiger partial charge in [0.25, 0.3) is 5.91 Å². The van der Waals surface area contributed by atoms with Crippen molar-refractivity contribution < 1.29 is 9.53 Å². The molecule has 2 atom stereocenters. The second-order valence-corrected chi connectivity index (χ2v) is 5.61. The van der Waals surface area contributed by atoms with Crippen LogP contribution in [0.3, 0.4) is 0 Å². The normalized spacial score (nSPS) is 21.0. The first kappa shape index (κ1) is 13.9. The minimum Gasteiger partial charge on any atom is -0.481 e. The van der Waals surface area contributed by atoms with Gasteiger partial charge in [-0.3, -0.25) is 4.79 Å². The second kappa shape index (κ2) is 6.09. The molecule has 1 saturated heterocycles. The molecule has 0 bridgehead atoms. The van der Waals surface area contributed by atoms with Gasteiger partial charge in [0.15, 0.2) is 6.10 Å². The molecule has 2 rings (SSSR count). The summed E-state index contributed by atoms with van der Waals surface area (Å²) in [5.41, 5.74) is 1.14. The highest BCUT2D eigenvalue weighted by Crippen LogP contribution is 2.19. The molecule has 1 amide bonds. The van der Waals surface area contributed by atoms with E-state index in [-0.39, 0.29) is 5.91 Å². The van der Waals surface area contributed by atoms with Gasteiger partial charge >= 0.3 is 0 Å². The van der Waals surface area contributed by atoms with E-state index in [9.17, 15) is 4.79 Å². The van der Waals surface area contributed by atoms with Gasteiger partial charge in [0, 0.05) is 13.1 Å². The van der Waals surface area contributed by atoms with Crippen LogP contribution in [0.4, 0.5) is 0 Å². The molecule has 1 aromatic carbocycles. The third kappa shape index (κ3) is 3.72. The molecule has 1 aromatic rings. The van der Waals surface area contributed by atoms with Crippen molar-refractivity contribution in [3.05, 3.63) is 29.8 Å². The number of nitrogens with zero attached hydrogens (tertiary/aromatic N) is 1. The Labute approximate surface area is 115 Å². The zero-order valence-corrected chi connectivity index (χ0v) is 12.1. The predicted octanol–water partition coefficient (Wildman–Crippen LogP) is 3.02. The van der Waals surface area contributed by atoms with Crippen LogP contribution in [0.5, 0.6) is 5.75 Å². The van der Waals surface area contributed by atoms with Crippen LogP contribution in [-0.4, -0.2) is 30.0 Å². The van der Waals surface area contributed by atoms with E-state index >= 15 is 0 Å². The third-order valence-corrected chi connectivity index (χ3v) is 3.62. The highest BCUT2D eigenvalue weighted by molar-refractivity contribution is 5.81. The number of amides is 1. The Morgan fingerprint density at radius 2 is 2.26 bits per heavy atom. The summed E-state index contributed by atoms with van der Waals surface area (Å²) in [7, 11) is 0. The topological polar surface area (TPSA) is 29.5 Å². The maximum atomic E-state index is 12.3. The van der Waals surface area contributed by atoms with Crippen LogP contribution in [0.2, 0.25) is 0 Å². The highest BCUT2D eigenvalue weighted by Gasteiger charge is 2.25. The zero-order valence-electron chi connectivity index (χ0n) is 12.1. The number of carbonyl (C=O) groups excluding carboxylic acids is 1. The van der Waals surface area contributed by atoms with Crippen molar-refractivity contribution in [2.24, 2.45) is 5.92 Å². The zero-order chi connectivity index (χ0) is 13.8. The van der Waals surface area contributed by atoms with E-state index in [0.717, 1.165) is 30.8 Å². The van der Waals surface area contributed by atoms with Crippen LogP contribution in [-0.2, 0) is 4.79 Å². The fourth-order valence-electron chi connectivity index (χ4n) is 2.59. The standard InChI is InChI=1S/C16H23NO2/c1-12-6-4-8-15(10-12)19-14(3)16(18)17-9-5-7-13(2)11-17/h4,6,8,10,13-14H,5,7,9,11H2,1-3H3/t13-,14+/m0/s1. The number of likely N-dealkylation sites (tertiary alicyclic amines) is 1. The number of piperidine rings is 1. The molecule has 1 fully saturated rings. The van der Waals surface area contributed by atoms with Crippen molar-refractivity contribution in [1.29, 1.82) is 0 Å². The molecule has 0 saturated carbocycles. The molecule has 0 unspecified atom stereocenters. The van der Waals surface area contributed by atoms with Crippen molar-refractivity contribution in [2.75, 3.05) is 13.1 Å². The minimum atomic E-state index is -0.410. The van der Waals surface area contributed by atoms with E-state index in [1.165, 1.54) is 6.42 Å². The van der Waals surface area contributed by atoms with Crippen molar-refractivity contribution in [3.8, 4) is 5.75 Å². The van der Waals surface area contributed by atoms with E-state index in [4.69, 9.17) is 4.74 Å². The molecule has 1 aliphatic heterocycles. The van der Waals surface area contributed by atoms with E-state index in [2.05, 4.69) is 6.92 Å². The smallest absolute Gasteiger partial charge is 0.263 e. The third-order valence-electron chi connectivity index (χ3n) is 3.62. The summed E-state index contributed by atoms with van der Waals surface area (Å²) < 4.78 is 5.75. The number of hydrogen-bond donors (Lipinski definition) is 0. The van der Waals surface area contributed by atoms with Gasteiger partial charge in [-0.1, -0.05) is 19.1 Å². The maximum Gasteiger partial charge on any atom is 0.263 e. The molecule has 0 N–H and O–H groups in total. The van der Waals surface area contributed by atoms with E-state index in [0.29, 0.717) is 5.92 Å². The Balaban J connectivity index is 1.95. The minimum absolute atomic E-state index is 0.105. The van der Waals surface area contributed by atoms with Gasteiger partial charge < -0.3 is 9.64 Å². The predicted molar refractivity (Wildman–Crippen MR) is 76.2 cm³/mol. The lowest BCUT2D eigenvalue weighted by Gasteiger charge is -2.32. The Kier molecular flexibility index (Phi) is 4.46. The second-order valence-electron chi connectivity index (χ2n) is 5.61. The van der Waals surface area contributed by atoms with E-state index in [1.807, 2.05) is 43.0 Å². The number of benzene rings is 1. The fourth-order valence-corrected chi connectivity index (χ4v) is 2.59. The Morgan fingerprint density at radius 3 is 2.95 bits per heavy atom. The number of rotatable bonds is 3. The van der Waals surface area contributed by atoms with Crippen LogP contribution >= 0.6 is 0 Å². The molecule has 3 nitrogen and oxygen atoms in total. The van der Waals surface area contributed by atoms with Gasteiger partial charge in [0.2, 0.25) is 0 Å². The summed E-state index contributed by atoms with van der Waals surface area (Å²) in [6.07, 6.45) is 1.91. The molecule has 104 valence electrons. The summed E-state index contributed by atoms with van der Waals surface area (Å²) >= 11 is 0. The summed E-state index contributed by atoms with van der Waals surface area (Å²) in [4.78, 5) is 14.3. The average Bonchev–Trinajstić information content (AvgIpc) is 2.38. The van der Waals surface area contributed by atoms with Crippen molar-refractivity contribution in [2.45, 2.75) is 39.7 Å². The SMILES string of the molecule is Cc1cccc(O[C@H](C)C(=O)N2CCC[C@H](C)C2)c1. The molecule has 3 heteroatoms. The van der Waals surface area contributed by atoms with Gasteiger partial charge in [-0.25, -0.2) is 0 Å². The number of aryl methyl sites for hydroxylation is 1. The molecule has 0 radical (unpaired) electrons. The summed E-state index contributed by atoms with van der Waals surface area (Å²) in [6, 6.07) is 7.83. The summed E-state index contributed by atoms with van der Waals surface area (Å²) in [5, 5.41) is 0. The first-order valence-corrected chi connectivity index (χ1v) is 7.08. The first-order valence-electron chi connectivity index (χ1n) is 7.08. The van der Waals surface area contributed by atoms with Crippen molar-refractivity contribution in [3.63, 3.8) is 0 Å². The largest absolute Gasteiger partial charge is 0.481 e. The van der Waals surface area contributed by atoms with E-state index in [1.54, 1.807) is 0 Å². The number of ether oxygens (including phenoxy) is 1. The molecular formula is C16H23NO2. The van der Waals surface area contributed by atoms with Crippen LogP contribution in [0.15, 0.2) is 24.3 Å². The van der Waals surface area contributed by atoms with Crippen LogP contribution in [0, 0.1) is 12.8 Å². The monoisotopic (exact) mass is 261 g/mol. The van der Waals surface area contributed by atoms with Gasteiger partial charge in [0.1, 0.15) is 5.75 Å². The molecule has 0 aromatic heterocycles. The van der Waals surface area contributed by atoms with Gasteiger partial charge in [-0.15, -0.1) is 0 Å². The van der Waals surface area contributed by atoms with Crippen LogP contribution in [0.25, 0.3) is 0 Å². The van der Waals surface area contributed by atoms with Crippen LogP contribution < -0.4 is 4.74 Å². The lowest BCUT2D eigenvalue weighted by molar-refractivity contribution is -0.139. The van der Waals surface area contributed by atoms with Crippen LogP contribution in [0.1, 0.15) is 32.3 Å². The quantitative estimate of drug-likeness (QED) is 0.837. The first-order chi connectivity index (χ1) is 9.06. The lowest BCUT2D eigenvalue weighted by Crippen LogP contribution is -2.45. The molecule has 19 heavy (non-hydrogen) atoms. The molecule has 1 aliphatic rings. The summed E-state index contributed by atoms with van der Waals surface area (Å²) in [6.45, 7) is 7.78. The molecular weight excluding hydrogens is 238 g/mol. The Bertz CT molecular complexity index is 444. The maximum absolute atomic E-state index is 12.3. The molecule has 0 aliphatic carbocycles. The van der Waals surface area contributed by atoms with Crippen molar-refractivity contribution >= 4 is 5.91 Å².